The molecule has 1 aromatic heterocycles. The molecule has 1 saturated heterocycles. The minimum absolute atomic E-state index is 0.0835. The number of pyridine rings is 1. The van der Waals surface area contributed by atoms with Crippen LogP contribution in [0, 0.1) is 0 Å². The molecular formula is C44H32ClF3N2O9. The van der Waals surface area contributed by atoms with Crippen molar-refractivity contribution < 1.29 is 51.3 Å². The number of ether oxygens (including phenoxy) is 4. The number of rotatable bonds is 11. The van der Waals surface area contributed by atoms with Gasteiger partial charge in [-0.1, -0.05) is 78.3 Å². The van der Waals surface area contributed by atoms with Crippen LogP contribution in [0.4, 0.5) is 13.2 Å². The van der Waals surface area contributed by atoms with Crippen LogP contribution in [0.25, 0.3) is 10.9 Å². The highest BCUT2D eigenvalue weighted by molar-refractivity contribution is 6.30. The Kier molecular flexibility index (Phi) is 11.9. The van der Waals surface area contributed by atoms with Gasteiger partial charge in [-0.2, -0.15) is 13.2 Å². The predicted molar refractivity (Wildman–Crippen MR) is 208 cm³/mol. The van der Waals surface area contributed by atoms with Crippen LogP contribution >= 0.6 is 11.6 Å². The largest absolute Gasteiger partial charge is 0.459 e. The van der Waals surface area contributed by atoms with Gasteiger partial charge in [-0.3, -0.25) is 9.59 Å². The van der Waals surface area contributed by atoms with E-state index in [1.54, 1.807) is 78.9 Å². The first-order chi connectivity index (χ1) is 28.4. The molecule has 7 rings (SSSR count). The Morgan fingerprint density at radius 1 is 0.712 bits per heavy atom. The van der Waals surface area contributed by atoms with E-state index < -0.39 is 83.1 Å². The minimum Gasteiger partial charge on any atom is -0.459 e. The lowest BCUT2D eigenvalue weighted by molar-refractivity contribution is -0.137. The van der Waals surface area contributed by atoms with E-state index in [9.17, 15) is 37.1 Å². The van der Waals surface area contributed by atoms with Gasteiger partial charge in [-0.25, -0.2) is 14.4 Å². The molecule has 0 bridgehead atoms. The lowest BCUT2D eigenvalue weighted by atomic mass is 10.1. The summed E-state index contributed by atoms with van der Waals surface area (Å²) >= 11 is 5.98. The number of aromatic nitrogens is 1. The molecule has 0 radical (unpaired) electrons. The molecule has 0 unspecified atom stereocenters. The maximum absolute atomic E-state index is 14.1. The Morgan fingerprint density at radius 3 is 1.81 bits per heavy atom. The number of amides is 1. The van der Waals surface area contributed by atoms with Crippen molar-refractivity contribution in [3.63, 3.8) is 0 Å². The average molecular weight is 825 g/mol. The zero-order valence-electron chi connectivity index (χ0n) is 30.6. The molecule has 1 aliphatic heterocycles. The number of hydrogen-bond donors (Lipinski definition) is 1. The summed E-state index contributed by atoms with van der Waals surface area (Å²) in [7, 11) is 0. The van der Waals surface area contributed by atoms with Crippen molar-refractivity contribution in [2.24, 2.45) is 0 Å². The highest BCUT2D eigenvalue weighted by atomic mass is 35.5. The minimum atomic E-state index is -4.87. The number of fused-ring (bicyclic) bond motifs is 1. The molecule has 300 valence electrons. The van der Waals surface area contributed by atoms with Crippen LogP contribution in [0.3, 0.4) is 0 Å². The van der Waals surface area contributed by atoms with Crippen molar-refractivity contribution in [2.75, 3.05) is 6.61 Å². The summed E-state index contributed by atoms with van der Waals surface area (Å²) in [6.07, 6.45) is -9.93. The van der Waals surface area contributed by atoms with E-state index in [1.807, 2.05) is 0 Å². The summed E-state index contributed by atoms with van der Waals surface area (Å²) in [5.41, 5.74) is -1.96. The molecule has 5 aromatic carbocycles. The molecular weight excluding hydrogens is 793 g/mol. The first-order valence-electron chi connectivity index (χ1n) is 18.1. The van der Waals surface area contributed by atoms with E-state index in [4.69, 9.17) is 30.5 Å². The van der Waals surface area contributed by atoms with Crippen LogP contribution in [0.5, 0.6) is 0 Å². The molecule has 2 heterocycles. The number of halogens is 4. The van der Waals surface area contributed by atoms with Gasteiger partial charge in [0.25, 0.3) is 5.91 Å². The number of alkyl halides is 3. The zero-order valence-corrected chi connectivity index (χ0v) is 31.4. The Bertz CT molecular complexity index is 2550. The van der Waals surface area contributed by atoms with Crippen LogP contribution in [0.2, 0.25) is 5.02 Å². The molecule has 15 heteroatoms. The molecule has 1 aliphatic rings. The van der Waals surface area contributed by atoms with Gasteiger partial charge in [0, 0.05) is 23.2 Å². The molecule has 11 nitrogen and oxygen atoms in total. The molecule has 0 saturated carbocycles. The normalized spacial score (nSPS) is 17.6. The van der Waals surface area contributed by atoms with Crippen molar-refractivity contribution in [1.29, 1.82) is 0 Å². The molecule has 0 spiro atoms. The molecule has 4 atom stereocenters. The fourth-order valence-corrected chi connectivity index (χ4v) is 6.59. The van der Waals surface area contributed by atoms with Gasteiger partial charge in [0.15, 0.2) is 18.4 Å². The summed E-state index contributed by atoms with van der Waals surface area (Å²) < 4.78 is 67.4. The van der Waals surface area contributed by atoms with E-state index in [2.05, 4.69) is 5.32 Å². The van der Waals surface area contributed by atoms with Gasteiger partial charge in [0.05, 0.1) is 27.8 Å². The fraction of sp³-hybridized carbons (Fsp3) is 0.159. The van der Waals surface area contributed by atoms with Crippen molar-refractivity contribution >= 4 is 46.3 Å². The van der Waals surface area contributed by atoms with E-state index in [0.717, 1.165) is 18.3 Å². The molecule has 0 aliphatic carbocycles. The van der Waals surface area contributed by atoms with Crippen LogP contribution in [0.15, 0.2) is 144 Å². The second kappa shape index (κ2) is 17.4. The molecule has 6 aromatic rings. The van der Waals surface area contributed by atoms with E-state index in [-0.39, 0.29) is 28.8 Å². The van der Waals surface area contributed by atoms with Crippen LogP contribution < -0.4 is 10.7 Å². The van der Waals surface area contributed by atoms with E-state index in [0.29, 0.717) is 16.7 Å². The summed E-state index contributed by atoms with van der Waals surface area (Å²) in [5.74, 6) is -3.50. The summed E-state index contributed by atoms with van der Waals surface area (Å²) in [6.45, 7) is -0.652. The average Bonchev–Trinajstić information content (AvgIpc) is 3.58. The van der Waals surface area contributed by atoms with Crippen LogP contribution in [-0.4, -0.2) is 53.3 Å². The summed E-state index contributed by atoms with van der Waals surface area (Å²) in [4.78, 5) is 68.2. The van der Waals surface area contributed by atoms with Gasteiger partial charge in [-0.05, 0) is 72.3 Å². The van der Waals surface area contributed by atoms with Crippen molar-refractivity contribution in [3.8, 4) is 0 Å². The molecule has 1 N–H and O–H groups in total. The lowest BCUT2D eigenvalue weighted by Gasteiger charge is -2.26. The van der Waals surface area contributed by atoms with Crippen LogP contribution in [0.1, 0.15) is 58.8 Å². The number of hydrogen-bond acceptors (Lipinski definition) is 9. The number of carbonyl (C=O) groups is 4. The lowest BCUT2D eigenvalue weighted by Crippen LogP contribution is -2.41. The van der Waals surface area contributed by atoms with Gasteiger partial charge in [0.1, 0.15) is 18.3 Å². The number of esters is 3. The van der Waals surface area contributed by atoms with Crippen LogP contribution in [-0.2, 0) is 31.7 Å². The van der Waals surface area contributed by atoms with E-state index >= 15 is 0 Å². The first kappa shape index (κ1) is 40.4. The maximum atomic E-state index is 14.1. The number of nitrogens with one attached hydrogen (secondary N) is 1. The summed E-state index contributed by atoms with van der Waals surface area (Å²) in [6, 6.07) is 32.4. The number of carbonyl (C=O) groups excluding carboxylic acids is 4. The maximum Gasteiger partial charge on any atom is 0.416 e. The van der Waals surface area contributed by atoms with Gasteiger partial charge < -0.3 is 28.8 Å². The Morgan fingerprint density at radius 2 is 1.25 bits per heavy atom. The monoisotopic (exact) mass is 824 g/mol. The fourth-order valence-electron chi connectivity index (χ4n) is 6.46. The van der Waals surface area contributed by atoms with Crippen molar-refractivity contribution in [1.82, 2.24) is 9.88 Å². The smallest absolute Gasteiger partial charge is 0.416 e. The summed E-state index contributed by atoms with van der Waals surface area (Å²) in [5, 5.41) is 2.53. The molecule has 1 fully saturated rings. The molecule has 59 heavy (non-hydrogen) atoms. The Balaban J connectivity index is 1.35. The van der Waals surface area contributed by atoms with Gasteiger partial charge in [-0.15, -0.1) is 0 Å². The standard InChI is InChI=1S/C44H32ClF3N2O9/c45-31-19-16-26(17-20-31)23-49-39(52)33-24-50(34-21-18-30(44(46,47)48)22-32(34)36(33)51)40-38(59-43(55)29-14-8-3-9-15-29)37(58-42(54)28-12-6-2-7-13-28)35(57-40)25-56-41(53)27-10-4-1-5-11-27/h1-22,24,35,37-38,40H,23,25H2,(H,49,52)/t35-,37-,38-,40-/m1/s1. The van der Waals surface area contributed by atoms with Gasteiger partial charge in [0.2, 0.25) is 5.43 Å². The highest BCUT2D eigenvalue weighted by Gasteiger charge is 2.52. The van der Waals surface area contributed by atoms with Crippen molar-refractivity contribution in [2.45, 2.75) is 37.3 Å². The quantitative estimate of drug-likeness (QED) is 0.102. The Hall–Kier alpha value is -6.77. The number of nitrogens with zero attached hydrogens (tertiary/aromatic N) is 1. The SMILES string of the molecule is O=C(OC[C@H]1O[C@@H](n2cc(C(=O)NCc3ccc(Cl)cc3)c(=O)c3cc(C(F)(F)F)ccc32)[C@H](OC(=O)c2ccccc2)[C@@H]1OC(=O)c1ccccc1)c1ccccc1. The highest BCUT2D eigenvalue weighted by Crippen LogP contribution is 2.38. The first-order valence-corrected chi connectivity index (χ1v) is 18.4. The van der Waals surface area contributed by atoms with Crippen molar-refractivity contribution in [3.05, 3.63) is 188 Å². The third-order valence-electron chi connectivity index (χ3n) is 9.42. The number of benzene rings is 5. The molecule has 1 amide bonds. The second-order valence-corrected chi connectivity index (χ2v) is 13.8. The van der Waals surface area contributed by atoms with E-state index in [1.165, 1.54) is 41.0 Å². The predicted octanol–water partition coefficient (Wildman–Crippen LogP) is 7.81. The third-order valence-corrected chi connectivity index (χ3v) is 9.68. The second-order valence-electron chi connectivity index (χ2n) is 13.3. The van der Waals surface area contributed by atoms with Gasteiger partial charge >= 0.3 is 24.1 Å². The third kappa shape index (κ3) is 9.19. The zero-order chi connectivity index (χ0) is 41.7. The Labute approximate surface area is 338 Å². The topological polar surface area (TPSA) is 139 Å².